The normalized spacial score (nSPS) is 15.9. The monoisotopic (exact) mass is 415 g/mol. The number of amides is 2. The van der Waals surface area contributed by atoms with Gasteiger partial charge in [0.1, 0.15) is 5.75 Å². The quantitative estimate of drug-likeness (QED) is 0.682. The second-order valence-corrected chi connectivity index (χ2v) is 8.04. The van der Waals surface area contributed by atoms with Crippen LogP contribution in [-0.4, -0.2) is 43.5 Å². The Labute approximate surface area is 176 Å². The maximum atomic E-state index is 12.3. The van der Waals surface area contributed by atoms with Crippen LogP contribution >= 0.6 is 11.3 Å². The minimum absolute atomic E-state index is 0.109. The average Bonchev–Trinajstić information content (AvgIpc) is 3.15. The predicted octanol–water partition coefficient (Wildman–Crippen LogP) is 3.11. The lowest BCUT2D eigenvalue weighted by Gasteiger charge is -2.30. The number of ether oxygens (including phenoxy) is 1. The Hall–Kier alpha value is -2.38. The fourth-order valence-corrected chi connectivity index (χ4v) is 4.31. The SMILES string of the molecule is COc1ccc(CNC(=O)C(=O)NC[C@H](c2ccsc2)N2CCCCCC2)cc1. The number of thiophene rings is 1. The molecule has 1 aromatic carbocycles. The van der Waals surface area contributed by atoms with Crippen molar-refractivity contribution in [3.05, 3.63) is 52.2 Å². The van der Waals surface area contributed by atoms with Gasteiger partial charge in [0.2, 0.25) is 0 Å². The molecule has 0 unspecified atom stereocenters. The van der Waals surface area contributed by atoms with Gasteiger partial charge in [0, 0.05) is 13.1 Å². The van der Waals surface area contributed by atoms with Crippen LogP contribution in [0.3, 0.4) is 0 Å². The van der Waals surface area contributed by atoms with E-state index in [4.69, 9.17) is 4.74 Å². The second-order valence-electron chi connectivity index (χ2n) is 7.26. The number of likely N-dealkylation sites (tertiary alicyclic amines) is 1. The number of rotatable bonds is 7. The Bertz CT molecular complexity index is 769. The molecule has 1 fully saturated rings. The van der Waals surface area contributed by atoms with Gasteiger partial charge in [0.15, 0.2) is 0 Å². The Kier molecular flexibility index (Phi) is 8.07. The van der Waals surface area contributed by atoms with Crippen molar-refractivity contribution in [2.75, 3.05) is 26.7 Å². The smallest absolute Gasteiger partial charge is 0.309 e. The first kappa shape index (κ1) is 21.3. The highest BCUT2D eigenvalue weighted by Crippen LogP contribution is 2.25. The maximum Gasteiger partial charge on any atom is 0.309 e. The first-order valence-corrected chi connectivity index (χ1v) is 11.1. The topological polar surface area (TPSA) is 70.7 Å². The molecule has 29 heavy (non-hydrogen) atoms. The van der Waals surface area contributed by atoms with Crippen LogP contribution in [0.15, 0.2) is 41.1 Å². The number of carbonyl (C=O) groups is 2. The minimum atomic E-state index is -0.610. The average molecular weight is 416 g/mol. The van der Waals surface area contributed by atoms with Crippen LogP contribution in [-0.2, 0) is 16.1 Å². The van der Waals surface area contributed by atoms with E-state index in [2.05, 4.69) is 32.4 Å². The lowest BCUT2D eigenvalue weighted by atomic mass is 10.1. The van der Waals surface area contributed by atoms with Crippen LogP contribution in [0, 0.1) is 0 Å². The molecule has 1 saturated heterocycles. The molecule has 0 radical (unpaired) electrons. The van der Waals surface area contributed by atoms with Crippen molar-refractivity contribution in [3.8, 4) is 5.75 Å². The molecule has 156 valence electrons. The van der Waals surface area contributed by atoms with Gasteiger partial charge in [-0.3, -0.25) is 14.5 Å². The van der Waals surface area contributed by atoms with Crippen LogP contribution in [0.25, 0.3) is 0 Å². The molecular formula is C22H29N3O3S. The fourth-order valence-electron chi connectivity index (χ4n) is 3.60. The number of carbonyl (C=O) groups excluding carboxylic acids is 2. The van der Waals surface area contributed by atoms with Crippen molar-refractivity contribution in [3.63, 3.8) is 0 Å². The molecule has 3 rings (SSSR count). The molecule has 0 saturated carbocycles. The summed E-state index contributed by atoms with van der Waals surface area (Å²) in [5.74, 6) is -0.444. The third-order valence-corrected chi connectivity index (χ3v) is 5.99. The predicted molar refractivity (Wildman–Crippen MR) is 115 cm³/mol. The van der Waals surface area contributed by atoms with Gasteiger partial charge < -0.3 is 15.4 Å². The summed E-state index contributed by atoms with van der Waals surface area (Å²) in [6.45, 7) is 2.79. The third kappa shape index (κ3) is 6.30. The molecule has 1 aromatic heterocycles. The van der Waals surface area contributed by atoms with Crippen molar-refractivity contribution >= 4 is 23.2 Å². The van der Waals surface area contributed by atoms with Crippen molar-refractivity contribution < 1.29 is 14.3 Å². The molecule has 0 bridgehead atoms. The van der Waals surface area contributed by atoms with E-state index >= 15 is 0 Å². The van der Waals surface area contributed by atoms with Gasteiger partial charge in [-0.15, -0.1) is 0 Å². The van der Waals surface area contributed by atoms with Gasteiger partial charge in [-0.1, -0.05) is 25.0 Å². The molecule has 2 N–H and O–H groups in total. The summed E-state index contributed by atoms with van der Waals surface area (Å²) < 4.78 is 5.12. The summed E-state index contributed by atoms with van der Waals surface area (Å²) in [6, 6.07) is 9.60. The standard InChI is InChI=1S/C22H29N3O3S/c1-28-19-8-6-17(7-9-19)14-23-21(26)22(27)24-15-20(18-10-13-29-16-18)25-11-4-2-3-5-12-25/h6-10,13,16,20H,2-5,11-12,14-15H2,1H3,(H,23,26)(H,24,27)/t20-/m1/s1. The third-order valence-electron chi connectivity index (χ3n) is 5.28. The number of nitrogens with one attached hydrogen (secondary N) is 2. The summed E-state index contributed by atoms with van der Waals surface area (Å²) in [5.41, 5.74) is 2.11. The van der Waals surface area contributed by atoms with Gasteiger partial charge in [0.05, 0.1) is 13.2 Å². The first-order chi connectivity index (χ1) is 14.2. The van der Waals surface area contributed by atoms with E-state index < -0.39 is 11.8 Å². The Morgan fingerprint density at radius 2 is 1.72 bits per heavy atom. The van der Waals surface area contributed by atoms with E-state index in [1.165, 1.54) is 31.2 Å². The Morgan fingerprint density at radius 1 is 1.03 bits per heavy atom. The molecule has 7 heteroatoms. The summed E-state index contributed by atoms with van der Waals surface area (Å²) in [4.78, 5) is 27.0. The molecule has 1 atom stereocenters. The summed E-state index contributed by atoms with van der Waals surface area (Å²) in [5, 5.41) is 9.71. The van der Waals surface area contributed by atoms with Gasteiger partial charge in [-0.05, 0) is 66.0 Å². The van der Waals surface area contributed by atoms with E-state index in [-0.39, 0.29) is 6.04 Å². The number of methoxy groups -OCH3 is 1. The van der Waals surface area contributed by atoms with Gasteiger partial charge in [0.25, 0.3) is 0 Å². The zero-order chi connectivity index (χ0) is 20.5. The fraction of sp³-hybridized carbons (Fsp3) is 0.455. The minimum Gasteiger partial charge on any atom is -0.497 e. The van der Waals surface area contributed by atoms with Crippen molar-refractivity contribution in [2.45, 2.75) is 38.3 Å². The van der Waals surface area contributed by atoms with E-state index in [1.54, 1.807) is 18.4 Å². The van der Waals surface area contributed by atoms with Crippen LogP contribution in [0.5, 0.6) is 5.75 Å². The Morgan fingerprint density at radius 3 is 2.34 bits per heavy atom. The van der Waals surface area contributed by atoms with Crippen LogP contribution in [0.4, 0.5) is 0 Å². The second kappa shape index (κ2) is 11.0. The zero-order valence-electron chi connectivity index (χ0n) is 16.9. The van der Waals surface area contributed by atoms with Crippen molar-refractivity contribution in [1.29, 1.82) is 0 Å². The lowest BCUT2D eigenvalue weighted by Crippen LogP contribution is -2.44. The Balaban J connectivity index is 1.52. The van der Waals surface area contributed by atoms with Crippen LogP contribution < -0.4 is 15.4 Å². The van der Waals surface area contributed by atoms with E-state index in [1.807, 2.05) is 24.3 Å². The lowest BCUT2D eigenvalue weighted by molar-refractivity contribution is -0.139. The highest BCUT2D eigenvalue weighted by molar-refractivity contribution is 7.08. The van der Waals surface area contributed by atoms with Crippen molar-refractivity contribution in [2.24, 2.45) is 0 Å². The number of hydrogen-bond acceptors (Lipinski definition) is 5. The number of nitrogens with zero attached hydrogens (tertiary/aromatic N) is 1. The molecule has 2 amide bonds. The molecule has 2 heterocycles. The molecule has 0 aliphatic carbocycles. The molecule has 2 aromatic rings. The van der Waals surface area contributed by atoms with Crippen molar-refractivity contribution in [1.82, 2.24) is 15.5 Å². The van der Waals surface area contributed by atoms with Gasteiger partial charge in [-0.25, -0.2) is 0 Å². The molecular weight excluding hydrogens is 386 g/mol. The van der Waals surface area contributed by atoms with Crippen LogP contribution in [0.1, 0.15) is 42.9 Å². The number of benzene rings is 1. The van der Waals surface area contributed by atoms with E-state index in [9.17, 15) is 9.59 Å². The molecule has 1 aliphatic heterocycles. The maximum absolute atomic E-state index is 12.3. The van der Waals surface area contributed by atoms with E-state index in [0.717, 1.165) is 24.4 Å². The highest BCUT2D eigenvalue weighted by atomic mass is 32.1. The summed E-state index contributed by atoms with van der Waals surface area (Å²) in [7, 11) is 1.61. The largest absolute Gasteiger partial charge is 0.497 e. The zero-order valence-corrected chi connectivity index (χ0v) is 17.7. The van der Waals surface area contributed by atoms with Gasteiger partial charge >= 0.3 is 11.8 Å². The summed E-state index contributed by atoms with van der Waals surface area (Å²) >= 11 is 1.66. The summed E-state index contributed by atoms with van der Waals surface area (Å²) in [6.07, 6.45) is 4.87. The highest BCUT2D eigenvalue weighted by Gasteiger charge is 2.23. The first-order valence-electron chi connectivity index (χ1n) is 10.1. The molecule has 1 aliphatic rings. The number of hydrogen-bond donors (Lipinski definition) is 2. The van der Waals surface area contributed by atoms with Crippen LogP contribution in [0.2, 0.25) is 0 Å². The molecule has 0 spiro atoms. The van der Waals surface area contributed by atoms with Gasteiger partial charge in [-0.2, -0.15) is 11.3 Å². The molecule has 6 nitrogen and oxygen atoms in total. The van der Waals surface area contributed by atoms with E-state index in [0.29, 0.717) is 13.1 Å².